The summed E-state index contributed by atoms with van der Waals surface area (Å²) in [6.45, 7) is 4.70. The fourth-order valence-corrected chi connectivity index (χ4v) is 4.79. The molecule has 0 unspecified atom stereocenters. The molecule has 0 aliphatic carbocycles. The number of aromatic nitrogens is 4. The van der Waals surface area contributed by atoms with Crippen molar-refractivity contribution in [3.8, 4) is 11.5 Å². The molecule has 0 radical (unpaired) electrons. The average Bonchev–Trinajstić information content (AvgIpc) is 3.56. The van der Waals surface area contributed by atoms with E-state index in [4.69, 9.17) is 38.3 Å². The molecule has 242 valence electrons. The first-order valence-electron chi connectivity index (χ1n) is 14.0. The van der Waals surface area contributed by atoms with E-state index in [0.717, 1.165) is 6.07 Å². The largest absolute Gasteiger partial charge is 0.492 e. The van der Waals surface area contributed by atoms with Crippen LogP contribution in [0.5, 0.6) is 11.5 Å². The van der Waals surface area contributed by atoms with Crippen molar-refractivity contribution in [1.82, 2.24) is 19.3 Å². The molecule has 0 spiro atoms. The molecule has 0 aliphatic rings. The Morgan fingerprint density at radius 2 is 1.70 bits per heavy atom. The van der Waals surface area contributed by atoms with E-state index in [1.165, 1.54) is 18.2 Å². The van der Waals surface area contributed by atoms with E-state index in [2.05, 4.69) is 15.4 Å². The number of nitrogens with zero attached hydrogens (tertiary/aromatic N) is 5. The van der Waals surface area contributed by atoms with Gasteiger partial charge < -0.3 is 31.2 Å². The SMILES string of the molecule is CCn1nc(C)cc1C(=O)Nc1nc2cc(C(N)=O)cc(OCCCOc3cc(C(N)=O)cc([N+](=O)[O-])c3Cl)c2n1C/C=C/CN. The number of imidazole rings is 1. The molecule has 0 atom stereocenters. The van der Waals surface area contributed by atoms with Crippen LogP contribution in [0.4, 0.5) is 11.6 Å². The van der Waals surface area contributed by atoms with Crippen molar-refractivity contribution >= 4 is 52.0 Å². The second-order valence-electron chi connectivity index (χ2n) is 9.88. The minimum absolute atomic E-state index is 0.0118. The van der Waals surface area contributed by atoms with Crippen molar-refractivity contribution in [1.29, 1.82) is 0 Å². The van der Waals surface area contributed by atoms with Gasteiger partial charge >= 0.3 is 0 Å². The van der Waals surface area contributed by atoms with Crippen molar-refractivity contribution in [3.05, 3.63) is 80.1 Å². The minimum Gasteiger partial charge on any atom is -0.492 e. The van der Waals surface area contributed by atoms with Gasteiger partial charge in [0.15, 0.2) is 5.02 Å². The Bertz CT molecular complexity index is 1850. The number of rotatable bonds is 15. The number of fused-ring (bicyclic) bond motifs is 1. The number of carbonyl (C=O) groups is 3. The molecule has 2 aromatic heterocycles. The second kappa shape index (κ2) is 14.5. The van der Waals surface area contributed by atoms with Gasteiger partial charge in [0, 0.05) is 43.2 Å². The summed E-state index contributed by atoms with van der Waals surface area (Å²) < 4.78 is 14.9. The number of primary amides is 2. The first kappa shape index (κ1) is 33.4. The highest BCUT2D eigenvalue weighted by Gasteiger charge is 2.23. The van der Waals surface area contributed by atoms with Gasteiger partial charge in [0.1, 0.15) is 22.7 Å². The van der Waals surface area contributed by atoms with Gasteiger partial charge in [-0.3, -0.25) is 34.5 Å². The lowest BCUT2D eigenvalue weighted by molar-refractivity contribution is -0.384. The minimum atomic E-state index is -0.883. The number of nitrogens with two attached hydrogens (primary N) is 3. The van der Waals surface area contributed by atoms with Crippen LogP contribution in [0.3, 0.4) is 0 Å². The molecule has 0 saturated heterocycles. The lowest BCUT2D eigenvalue weighted by atomic mass is 10.1. The Morgan fingerprint density at radius 1 is 1.04 bits per heavy atom. The van der Waals surface area contributed by atoms with Crippen molar-refractivity contribution < 1.29 is 28.8 Å². The van der Waals surface area contributed by atoms with E-state index in [1.54, 1.807) is 34.4 Å². The highest BCUT2D eigenvalue weighted by Crippen LogP contribution is 2.35. The quantitative estimate of drug-likeness (QED) is 0.0633. The predicted octanol–water partition coefficient (Wildman–Crippen LogP) is 2.94. The maximum atomic E-state index is 13.3. The first-order valence-corrected chi connectivity index (χ1v) is 14.4. The predicted molar refractivity (Wildman–Crippen MR) is 169 cm³/mol. The number of benzene rings is 2. The standard InChI is InChI=1S/C29H32ClN9O7/c1-3-38-21(11-16(2)36-38)28(42)35-29-34-19-12-17(26(32)40)15-23(25(19)37(29)8-5-4-7-31)46-10-6-9-45-22-14-18(27(33)41)13-20(24(22)30)39(43)44/h4-5,11-15H,3,6-10,31H2,1-2H3,(H2,32,40)(H2,33,41)(H,34,35,42)/b5-4+. The molecule has 3 amide bonds. The molecule has 46 heavy (non-hydrogen) atoms. The van der Waals surface area contributed by atoms with Crippen molar-refractivity contribution in [2.75, 3.05) is 25.1 Å². The molecule has 0 aliphatic heterocycles. The van der Waals surface area contributed by atoms with Gasteiger partial charge in [-0.1, -0.05) is 23.8 Å². The summed E-state index contributed by atoms with van der Waals surface area (Å²) in [5, 5.41) is 18.2. The third kappa shape index (κ3) is 7.41. The topological polar surface area (TPSA) is 239 Å². The zero-order valence-corrected chi connectivity index (χ0v) is 25.7. The lowest BCUT2D eigenvalue weighted by Crippen LogP contribution is -2.20. The van der Waals surface area contributed by atoms with Crippen LogP contribution < -0.4 is 32.0 Å². The number of anilines is 1. The summed E-state index contributed by atoms with van der Waals surface area (Å²) in [6.07, 6.45) is 3.78. The highest BCUT2D eigenvalue weighted by molar-refractivity contribution is 6.34. The summed E-state index contributed by atoms with van der Waals surface area (Å²) in [5.74, 6) is -1.69. The van der Waals surface area contributed by atoms with Crippen LogP contribution in [-0.2, 0) is 13.1 Å². The second-order valence-corrected chi connectivity index (χ2v) is 10.3. The third-order valence-electron chi connectivity index (χ3n) is 6.65. The molecule has 16 nitrogen and oxygen atoms in total. The van der Waals surface area contributed by atoms with Gasteiger partial charge in [-0.15, -0.1) is 0 Å². The Labute approximate surface area is 267 Å². The van der Waals surface area contributed by atoms with Gasteiger partial charge in [0.05, 0.1) is 29.3 Å². The zero-order valence-electron chi connectivity index (χ0n) is 25.0. The molecule has 0 saturated carbocycles. The van der Waals surface area contributed by atoms with Crippen LogP contribution in [0.1, 0.15) is 50.2 Å². The Morgan fingerprint density at radius 3 is 2.33 bits per heavy atom. The lowest BCUT2D eigenvalue weighted by Gasteiger charge is -2.13. The molecular weight excluding hydrogens is 622 g/mol. The number of carbonyl (C=O) groups excluding carboxylic acids is 3. The van der Waals surface area contributed by atoms with Gasteiger partial charge in [-0.2, -0.15) is 5.10 Å². The molecular formula is C29H32ClN9O7. The number of hydrogen-bond acceptors (Lipinski definition) is 10. The number of nitro benzene ring substituents is 1. The molecule has 4 rings (SSSR count). The summed E-state index contributed by atoms with van der Waals surface area (Å²) in [7, 11) is 0. The number of nitrogens with one attached hydrogen (secondary N) is 1. The third-order valence-corrected chi connectivity index (χ3v) is 7.03. The zero-order chi connectivity index (χ0) is 33.5. The summed E-state index contributed by atoms with van der Waals surface area (Å²) >= 11 is 6.11. The number of aryl methyl sites for hydroxylation is 2. The monoisotopic (exact) mass is 653 g/mol. The molecule has 2 aromatic carbocycles. The number of nitro groups is 1. The smallest absolute Gasteiger partial charge is 0.292 e. The van der Waals surface area contributed by atoms with Gasteiger partial charge in [0.2, 0.25) is 17.8 Å². The maximum absolute atomic E-state index is 13.3. The molecule has 2 heterocycles. The fourth-order valence-electron chi connectivity index (χ4n) is 4.55. The van der Waals surface area contributed by atoms with Gasteiger partial charge in [-0.05, 0) is 38.1 Å². The number of amides is 3. The maximum Gasteiger partial charge on any atom is 0.292 e. The Kier molecular flexibility index (Phi) is 10.6. The number of allylic oxidation sites excluding steroid dienone is 1. The number of hydrogen-bond donors (Lipinski definition) is 4. The normalized spacial score (nSPS) is 11.2. The fraction of sp³-hybridized carbons (Fsp3) is 0.276. The summed E-state index contributed by atoms with van der Waals surface area (Å²) in [5.41, 5.74) is 17.8. The van der Waals surface area contributed by atoms with E-state index in [0.29, 0.717) is 29.0 Å². The summed E-state index contributed by atoms with van der Waals surface area (Å²) in [4.78, 5) is 52.3. The van der Waals surface area contributed by atoms with Gasteiger partial charge in [-0.25, -0.2) is 4.98 Å². The van der Waals surface area contributed by atoms with Crippen molar-refractivity contribution in [3.63, 3.8) is 0 Å². The van der Waals surface area contributed by atoms with Crippen LogP contribution in [-0.4, -0.2) is 61.7 Å². The van der Waals surface area contributed by atoms with Crippen LogP contribution in [0.25, 0.3) is 11.0 Å². The van der Waals surface area contributed by atoms with Crippen molar-refractivity contribution in [2.45, 2.75) is 33.4 Å². The van der Waals surface area contributed by atoms with E-state index >= 15 is 0 Å². The van der Waals surface area contributed by atoms with Gasteiger partial charge in [0.25, 0.3) is 11.6 Å². The molecule has 0 fully saturated rings. The molecule has 0 bridgehead atoms. The van der Waals surface area contributed by atoms with Crippen molar-refractivity contribution in [2.24, 2.45) is 17.2 Å². The van der Waals surface area contributed by atoms with E-state index in [9.17, 15) is 24.5 Å². The van der Waals surface area contributed by atoms with E-state index in [-0.39, 0.29) is 66.3 Å². The van der Waals surface area contributed by atoms with Crippen LogP contribution in [0, 0.1) is 17.0 Å². The molecule has 7 N–H and O–H groups in total. The van der Waals surface area contributed by atoms with Crippen LogP contribution in [0.2, 0.25) is 5.02 Å². The summed E-state index contributed by atoms with van der Waals surface area (Å²) in [6, 6.07) is 6.81. The van der Waals surface area contributed by atoms with Crippen LogP contribution in [0.15, 0.2) is 42.5 Å². The first-order chi connectivity index (χ1) is 21.9. The molecule has 17 heteroatoms. The van der Waals surface area contributed by atoms with E-state index < -0.39 is 28.3 Å². The van der Waals surface area contributed by atoms with E-state index in [1.807, 2.05) is 6.92 Å². The molecule has 4 aromatic rings. The Hall–Kier alpha value is -5.48. The average molecular weight is 654 g/mol. The van der Waals surface area contributed by atoms with Crippen LogP contribution >= 0.6 is 11.6 Å². The Balaban J connectivity index is 1.61. The number of halogens is 1. The number of ether oxygens (including phenoxy) is 2. The highest BCUT2D eigenvalue weighted by atomic mass is 35.5.